The van der Waals surface area contributed by atoms with Crippen LogP contribution >= 0.6 is 0 Å². The third-order valence-corrected chi connectivity index (χ3v) is 12.2. The molecule has 0 saturated carbocycles. The Morgan fingerprint density at radius 3 is 1.52 bits per heavy atom. The molecule has 0 heterocycles. The van der Waals surface area contributed by atoms with Gasteiger partial charge in [-0.3, -0.25) is 0 Å². The van der Waals surface area contributed by atoms with Crippen LogP contribution in [-0.2, 0) is 0 Å². The summed E-state index contributed by atoms with van der Waals surface area (Å²) in [4.78, 5) is 12.8. The van der Waals surface area contributed by atoms with Crippen molar-refractivity contribution in [1.29, 1.82) is 0 Å². The SMILES string of the molecule is C[As+](CC(=O)c1ccccc1)(c1ccccc1)c1ccccc1. The van der Waals surface area contributed by atoms with E-state index in [9.17, 15) is 4.79 Å². The zero-order valence-electron chi connectivity index (χ0n) is 13.2. The van der Waals surface area contributed by atoms with Crippen LogP contribution in [0.25, 0.3) is 0 Å². The first-order valence-electron chi connectivity index (χ1n) is 7.75. The van der Waals surface area contributed by atoms with Crippen molar-refractivity contribution in [1.82, 2.24) is 0 Å². The maximum absolute atomic E-state index is 12.8. The van der Waals surface area contributed by atoms with E-state index in [2.05, 4.69) is 54.2 Å². The Bertz CT molecular complexity index is 727. The minimum absolute atomic E-state index is 0.244. The molecular formula is C21H20AsO+. The summed E-state index contributed by atoms with van der Waals surface area (Å²) < 4.78 is 2.67. The van der Waals surface area contributed by atoms with Crippen LogP contribution in [-0.4, -0.2) is 19.3 Å². The molecule has 2 heteroatoms. The molecule has 114 valence electrons. The molecule has 3 aromatic rings. The van der Waals surface area contributed by atoms with Gasteiger partial charge in [0.05, 0.1) is 0 Å². The molecule has 0 bridgehead atoms. The van der Waals surface area contributed by atoms with Crippen LogP contribution in [0.2, 0.25) is 10.9 Å². The van der Waals surface area contributed by atoms with Gasteiger partial charge in [0.25, 0.3) is 0 Å². The number of hydrogen-bond acceptors (Lipinski definition) is 1. The van der Waals surface area contributed by atoms with E-state index >= 15 is 0 Å². The number of rotatable bonds is 5. The zero-order valence-corrected chi connectivity index (χ0v) is 15.1. The molecular weight excluding hydrogens is 343 g/mol. The number of hydrogen-bond donors (Lipinski definition) is 0. The summed E-state index contributed by atoms with van der Waals surface area (Å²) in [6.45, 7) is 0. The summed E-state index contributed by atoms with van der Waals surface area (Å²) in [5.41, 5.74) is 3.14. The Hall–Kier alpha value is -2.11. The van der Waals surface area contributed by atoms with E-state index in [0.717, 1.165) is 5.56 Å². The van der Waals surface area contributed by atoms with Crippen molar-refractivity contribution in [3.8, 4) is 0 Å². The second kappa shape index (κ2) is 6.98. The van der Waals surface area contributed by atoms with Crippen molar-refractivity contribution in [3.63, 3.8) is 0 Å². The monoisotopic (exact) mass is 363 g/mol. The molecule has 0 aliphatic heterocycles. The summed E-state index contributed by atoms with van der Waals surface area (Å²) in [7, 11) is 0. The first-order chi connectivity index (χ1) is 11.2. The maximum atomic E-state index is 12.8. The van der Waals surface area contributed by atoms with Gasteiger partial charge < -0.3 is 0 Å². The third kappa shape index (κ3) is 3.46. The van der Waals surface area contributed by atoms with Gasteiger partial charge in [0.1, 0.15) is 0 Å². The van der Waals surface area contributed by atoms with E-state index in [1.54, 1.807) is 0 Å². The third-order valence-electron chi connectivity index (χ3n) is 4.21. The molecule has 23 heavy (non-hydrogen) atoms. The first kappa shape index (κ1) is 15.8. The standard InChI is InChI=1S/C21H20AsO/c1-22(19-13-7-3-8-14-19,20-15-9-4-10-16-20)17-21(23)18-11-5-2-6-12-18/h2-16H,17H2,1H3/q+1. The van der Waals surface area contributed by atoms with Crippen LogP contribution in [0.4, 0.5) is 0 Å². The van der Waals surface area contributed by atoms with Crippen LogP contribution < -0.4 is 8.70 Å². The predicted octanol–water partition coefficient (Wildman–Crippen LogP) is 3.76. The van der Waals surface area contributed by atoms with Crippen molar-refractivity contribution >= 4 is 28.0 Å². The van der Waals surface area contributed by atoms with Crippen molar-refractivity contribution in [2.24, 2.45) is 0 Å². The quantitative estimate of drug-likeness (QED) is 0.498. The number of ketones is 1. The van der Waals surface area contributed by atoms with E-state index in [4.69, 9.17) is 0 Å². The van der Waals surface area contributed by atoms with Gasteiger partial charge in [-0.1, -0.05) is 0 Å². The summed E-state index contributed by atoms with van der Waals surface area (Å²) in [5, 5.41) is 0.621. The number of carbonyl (C=O) groups excluding carboxylic acids is 1. The van der Waals surface area contributed by atoms with Crippen molar-refractivity contribution in [2.45, 2.75) is 10.9 Å². The van der Waals surface area contributed by atoms with Crippen LogP contribution in [0.5, 0.6) is 0 Å². The molecule has 0 amide bonds. The van der Waals surface area contributed by atoms with Crippen molar-refractivity contribution in [2.75, 3.05) is 0 Å². The predicted molar refractivity (Wildman–Crippen MR) is 99.3 cm³/mol. The van der Waals surface area contributed by atoms with Gasteiger partial charge >= 0.3 is 140 Å². The van der Waals surface area contributed by atoms with Crippen molar-refractivity contribution in [3.05, 3.63) is 96.6 Å². The normalized spacial score (nSPS) is 11.2. The Morgan fingerprint density at radius 2 is 1.09 bits per heavy atom. The average molecular weight is 363 g/mol. The zero-order chi connectivity index (χ0) is 16.1. The molecule has 0 fully saturated rings. The number of carbonyl (C=O) groups is 1. The molecule has 0 spiro atoms. The molecule has 0 aliphatic rings. The summed E-state index contributed by atoms with van der Waals surface area (Å²) in [6, 6.07) is 30.7. The summed E-state index contributed by atoms with van der Waals surface area (Å²) in [5.74, 6) is 0.244. The Labute approximate surface area is 140 Å². The Kier molecular flexibility index (Phi) is 4.78. The fourth-order valence-corrected chi connectivity index (χ4v) is 9.31. The molecule has 3 rings (SSSR count). The fourth-order valence-electron chi connectivity index (χ4n) is 2.85. The van der Waals surface area contributed by atoms with E-state index in [1.807, 2.05) is 42.5 Å². The molecule has 0 saturated heterocycles. The molecule has 0 aromatic heterocycles. The van der Waals surface area contributed by atoms with E-state index < -0.39 is 13.6 Å². The van der Waals surface area contributed by atoms with Gasteiger partial charge in [-0.05, 0) is 0 Å². The molecule has 3 aromatic carbocycles. The van der Waals surface area contributed by atoms with Crippen molar-refractivity contribution < 1.29 is 4.79 Å². The van der Waals surface area contributed by atoms with Crippen LogP contribution in [0.3, 0.4) is 0 Å². The van der Waals surface area contributed by atoms with Gasteiger partial charge in [-0.2, -0.15) is 0 Å². The molecule has 0 atom stereocenters. The average Bonchev–Trinajstić information content (AvgIpc) is 2.64. The summed E-state index contributed by atoms with van der Waals surface area (Å²) >= 11 is -2.51. The van der Waals surface area contributed by atoms with Gasteiger partial charge in [0, 0.05) is 0 Å². The second-order valence-corrected chi connectivity index (χ2v) is 13.6. The molecule has 0 radical (unpaired) electrons. The van der Waals surface area contributed by atoms with E-state index in [0.29, 0.717) is 5.21 Å². The van der Waals surface area contributed by atoms with Gasteiger partial charge in [0.2, 0.25) is 0 Å². The first-order valence-corrected chi connectivity index (χ1v) is 12.8. The van der Waals surface area contributed by atoms with Gasteiger partial charge in [-0.15, -0.1) is 0 Å². The Morgan fingerprint density at radius 1 is 0.696 bits per heavy atom. The van der Waals surface area contributed by atoms with Crippen LogP contribution in [0.15, 0.2) is 91.0 Å². The van der Waals surface area contributed by atoms with Crippen LogP contribution in [0, 0.1) is 0 Å². The van der Waals surface area contributed by atoms with E-state index in [-0.39, 0.29) is 5.78 Å². The van der Waals surface area contributed by atoms with E-state index in [1.165, 1.54) is 8.70 Å². The van der Waals surface area contributed by atoms with Crippen LogP contribution in [0.1, 0.15) is 10.4 Å². The second-order valence-electron chi connectivity index (χ2n) is 5.81. The number of Topliss-reactive ketones (excluding diaryl/α,β-unsaturated/α-hetero) is 1. The molecule has 0 aliphatic carbocycles. The molecule has 0 N–H and O–H groups in total. The Balaban J connectivity index is 2.01. The summed E-state index contributed by atoms with van der Waals surface area (Å²) in [6.07, 6.45) is 0. The molecule has 0 unspecified atom stereocenters. The fraction of sp³-hybridized carbons (Fsp3) is 0.0952. The topological polar surface area (TPSA) is 17.1 Å². The number of benzene rings is 3. The van der Waals surface area contributed by atoms with Gasteiger partial charge in [0.15, 0.2) is 0 Å². The molecule has 1 nitrogen and oxygen atoms in total. The minimum atomic E-state index is -2.51. The van der Waals surface area contributed by atoms with Gasteiger partial charge in [-0.25, -0.2) is 0 Å².